The van der Waals surface area contributed by atoms with Gasteiger partial charge in [-0.2, -0.15) is 0 Å². The van der Waals surface area contributed by atoms with Crippen molar-refractivity contribution in [1.82, 2.24) is 0 Å². The molecule has 4 rings (SSSR count). The average molecular weight is 420 g/mol. The zero-order valence-electron chi connectivity index (χ0n) is 16.9. The van der Waals surface area contributed by atoms with Crippen molar-refractivity contribution >= 4 is 34.5 Å². The monoisotopic (exact) mass is 419 g/mol. The molecule has 6 heteroatoms. The Morgan fingerprint density at radius 2 is 1.70 bits per heavy atom. The van der Waals surface area contributed by atoms with Gasteiger partial charge in [0.15, 0.2) is 0 Å². The van der Waals surface area contributed by atoms with Crippen molar-refractivity contribution in [3.05, 3.63) is 87.1 Å². The highest BCUT2D eigenvalue weighted by Crippen LogP contribution is 2.45. The van der Waals surface area contributed by atoms with Crippen LogP contribution in [0.3, 0.4) is 0 Å². The van der Waals surface area contributed by atoms with Crippen molar-refractivity contribution in [3.8, 4) is 5.75 Å². The SMILES string of the molecule is COc1ccc(/C(O)=C2/C(=O)C(=O)N(c3ccccc3C)C2c2sccc2C)cc1. The molecule has 2 heterocycles. The topological polar surface area (TPSA) is 66.8 Å². The smallest absolute Gasteiger partial charge is 0.300 e. The standard InChI is InChI=1S/C24H21NO4S/c1-14-6-4-5-7-18(14)25-20(23-15(2)12-13-30-23)19(22(27)24(25)28)21(26)16-8-10-17(29-3)11-9-16/h4-13,20,26H,1-3H3/b21-19-. The molecule has 1 saturated heterocycles. The molecule has 1 amide bonds. The molecule has 3 aromatic rings. The number of nitrogens with zero attached hydrogens (tertiary/aromatic N) is 1. The Kier molecular flexibility index (Phi) is 5.18. The van der Waals surface area contributed by atoms with Crippen LogP contribution in [0.25, 0.3) is 5.76 Å². The van der Waals surface area contributed by atoms with E-state index in [2.05, 4.69) is 0 Å². The van der Waals surface area contributed by atoms with Gasteiger partial charge in [-0.15, -0.1) is 11.3 Å². The van der Waals surface area contributed by atoms with Crippen LogP contribution in [0.15, 0.2) is 65.6 Å². The quantitative estimate of drug-likeness (QED) is 0.367. The van der Waals surface area contributed by atoms with Crippen molar-refractivity contribution in [2.45, 2.75) is 19.9 Å². The van der Waals surface area contributed by atoms with E-state index < -0.39 is 17.7 Å². The number of aliphatic hydroxyl groups is 1. The van der Waals surface area contributed by atoms with Gasteiger partial charge in [0.05, 0.1) is 12.7 Å². The third kappa shape index (κ3) is 3.19. The molecular weight excluding hydrogens is 398 g/mol. The molecule has 0 bridgehead atoms. The van der Waals surface area contributed by atoms with E-state index in [1.165, 1.54) is 16.2 Å². The van der Waals surface area contributed by atoms with Crippen LogP contribution in [0.1, 0.15) is 27.6 Å². The fraction of sp³-hybridized carbons (Fsp3) is 0.167. The summed E-state index contributed by atoms with van der Waals surface area (Å²) in [6.45, 7) is 3.84. The van der Waals surface area contributed by atoms with Crippen LogP contribution in [0.5, 0.6) is 5.75 Å². The number of anilines is 1. The minimum Gasteiger partial charge on any atom is -0.507 e. The molecule has 2 aromatic carbocycles. The number of carbonyl (C=O) groups is 2. The summed E-state index contributed by atoms with van der Waals surface area (Å²) in [7, 11) is 1.56. The molecule has 1 fully saturated rings. The number of ketones is 1. The van der Waals surface area contributed by atoms with Crippen molar-refractivity contribution in [3.63, 3.8) is 0 Å². The van der Waals surface area contributed by atoms with E-state index in [0.717, 1.165) is 16.0 Å². The Bertz CT molecular complexity index is 1160. The van der Waals surface area contributed by atoms with Crippen molar-refractivity contribution in [1.29, 1.82) is 0 Å². The van der Waals surface area contributed by atoms with E-state index in [0.29, 0.717) is 17.0 Å². The maximum Gasteiger partial charge on any atom is 0.300 e. The molecule has 1 atom stereocenters. The summed E-state index contributed by atoms with van der Waals surface area (Å²) in [4.78, 5) is 28.6. The van der Waals surface area contributed by atoms with Crippen LogP contribution in [0.4, 0.5) is 5.69 Å². The Hall–Kier alpha value is -3.38. The van der Waals surface area contributed by atoms with Crippen molar-refractivity contribution in [2.24, 2.45) is 0 Å². The van der Waals surface area contributed by atoms with Gasteiger partial charge in [-0.25, -0.2) is 0 Å². The van der Waals surface area contributed by atoms with Gasteiger partial charge in [-0.3, -0.25) is 14.5 Å². The number of methoxy groups -OCH3 is 1. The fourth-order valence-electron chi connectivity index (χ4n) is 3.73. The number of thiophene rings is 1. The maximum atomic E-state index is 13.1. The van der Waals surface area contributed by atoms with Gasteiger partial charge < -0.3 is 9.84 Å². The first-order valence-corrected chi connectivity index (χ1v) is 10.4. The third-order valence-corrected chi connectivity index (χ3v) is 6.40. The van der Waals surface area contributed by atoms with Crippen LogP contribution in [-0.4, -0.2) is 23.9 Å². The number of aliphatic hydroxyl groups excluding tert-OH is 1. The summed E-state index contributed by atoms with van der Waals surface area (Å²) in [5.74, 6) is -0.885. The largest absolute Gasteiger partial charge is 0.507 e. The molecule has 5 nitrogen and oxygen atoms in total. The van der Waals surface area contributed by atoms with Crippen LogP contribution in [-0.2, 0) is 9.59 Å². The molecular formula is C24H21NO4S. The Balaban J connectivity index is 1.94. The van der Waals surface area contributed by atoms with Crippen LogP contribution in [0.2, 0.25) is 0 Å². The maximum absolute atomic E-state index is 13.1. The average Bonchev–Trinajstić information content (AvgIpc) is 3.29. The molecule has 1 unspecified atom stereocenters. The second kappa shape index (κ2) is 7.80. The van der Waals surface area contributed by atoms with E-state index in [9.17, 15) is 14.7 Å². The molecule has 0 aliphatic carbocycles. The zero-order valence-corrected chi connectivity index (χ0v) is 17.7. The number of ether oxygens (including phenoxy) is 1. The predicted octanol–water partition coefficient (Wildman–Crippen LogP) is 5.00. The number of Topliss-reactive ketones (excluding diaryl/α,β-unsaturated/α-hetero) is 1. The third-order valence-electron chi connectivity index (χ3n) is 5.33. The Labute approximate surface area is 178 Å². The molecule has 0 radical (unpaired) electrons. The number of benzene rings is 2. The van der Waals surface area contributed by atoms with Gasteiger partial charge in [-0.1, -0.05) is 18.2 Å². The number of hydrogen-bond acceptors (Lipinski definition) is 5. The summed E-state index contributed by atoms with van der Waals surface area (Å²) in [6.07, 6.45) is 0. The lowest BCUT2D eigenvalue weighted by atomic mass is 9.98. The molecule has 1 aliphatic heterocycles. The molecule has 0 saturated carbocycles. The summed E-state index contributed by atoms with van der Waals surface area (Å²) < 4.78 is 5.17. The summed E-state index contributed by atoms with van der Waals surface area (Å²) in [5.41, 5.74) is 3.05. The number of para-hydroxylation sites is 1. The first kappa shape index (κ1) is 19.9. The number of amides is 1. The lowest BCUT2D eigenvalue weighted by Crippen LogP contribution is -2.30. The molecule has 152 valence electrons. The second-order valence-corrected chi connectivity index (χ2v) is 8.10. The van der Waals surface area contributed by atoms with E-state index in [1.54, 1.807) is 31.4 Å². The summed E-state index contributed by atoms with van der Waals surface area (Å²) in [6, 6.07) is 15.5. The molecule has 0 spiro atoms. The highest BCUT2D eigenvalue weighted by molar-refractivity contribution is 7.10. The Morgan fingerprint density at radius 3 is 2.30 bits per heavy atom. The highest BCUT2D eigenvalue weighted by atomic mass is 32.1. The van der Waals surface area contributed by atoms with E-state index in [4.69, 9.17) is 4.74 Å². The van der Waals surface area contributed by atoms with Gasteiger partial charge in [0.1, 0.15) is 17.6 Å². The lowest BCUT2D eigenvalue weighted by molar-refractivity contribution is -0.132. The lowest BCUT2D eigenvalue weighted by Gasteiger charge is -2.26. The van der Waals surface area contributed by atoms with E-state index >= 15 is 0 Å². The number of rotatable bonds is 4. The minimum absolute atomic E-state index is 0.0963. The van der Waals surface area contributed by atoms with Gasteiger partial charge in [0.2, 0.25) is 0 Å². The van der Waals surface area contributed by atoms with E-state index in [-0.39, 0.29) is 11.3 Å². The van der Waals surface area contributed by atoms with Crippen LogP contribution < -0.4 is 9.64 Å². The van der Waals surface area contributed by atoms with Crippen LogP contribution in [0, 0.1) is 13.8 Å². The first-order valence-electron chi connectivity index (χ1n) is 9.49. The van der Waals surface area contributed by atoms with Crippen LogP contribution >= 0.6 is 11.3 Å². The fourth-order valence-corrected chi connectivity index (χ4v) is 4.76. The Morgan fingerprint density at radius 1 is 1.00 bits per heavy atom. The summed E-state index contributed by atoms with van der Waals surface area (Å²) >= 11 is 1.47. The first-order chi connectivity index (χ1) is 14.4. The predicted molar refractivity (Wildman–Crippen MR) is 118 cm³/mol. The molecule has 30 heavy (non-hydrogen) atoms. The summed E-state index contributed by atoms with van der Waals surface area (Å²) in [5, 5.41) is 13.0. The normalized spacial score (nSPS) is 18.1. The highest BCUT2D eigenvalue weighted by Gasteiger charge is 2.48. The minimum atomic E-state index is -0.690. The van der Waals surface area contributed by atoms with Gasteiger partial charge in [-0.05, 0) is 66.8 Å². The van der Waals surface area contributed by atoms with E-state index in [1.807, 2.05) is 49.6 Å². The number of aryl methyl sites for hydroxylation is 2. The van der Waals surface area contributed by atoms with Crippen molar-refractivity contribution in [2.75, 3.05) is 12.0 Å². The second-order valence-electron chi connectivity index (χ2n) is 7.15. The van der Waals surface area contributed by atoms with Gasteiger partial charge in [0.25, 0.3) is 11.7 Å². The molecule has 1 N–H and O–H groups in total. The van der Waals surface area contributed by atoms with Gasteiger partial charge >= 0.3 is 0 Å². The number of hydrogen-bond donors (Lipinski definition) is 1. The number of carbonyl (C=O) groups excluding carboxylic acids is 2. The molecule has 1 aromatic heterocycles. The van der Waals surface area contributed by atoms with Crippen molar-refractivity contribution < 1.29 is 19.4 Å². The van der Waals surface area contributed by atoms with Gasteiger partial charge in [0, 0.05) is 16.1 Å². The zero-order chi connectivity index (χ0) is 21.4. The molecule has 1 aliphatic rings.